The molecule has 0 unspecified atom stereocenters. The van der Waals surface area contributed by atoms with E-state index in [4.69, 9.17) is 9.26 Å². The van der Waals surface area contributed by atoms with Crippen molar-refractivity contribution in [3.8, 4) is 23.0 Å². The van der Waals surface area contributed by atoms with Gasteiger partial charge in [0.2, 0.25) is 5.82 Å². The van der Waals surface area contributed by atoms with E-state index in [-0.39, 0.29) is 35.8 Å². The van der Waals surface area contributed by atoms with Gasteiger partial charge in [-0.3, -0.25) is 0 Å². The van der Waals surface area contributed by atoms with Crippen molar-refractivity contribution >= 4 is 0 Å². The van der Waals surface area contributed by atoms with E-state index in [9.17, 15) is 8.78 Å². The Morgan fingerprint density at radius 3 is 2.82 bits per heavy atom. The van der Waals surface area contributed by atoms with Crippen molar-refractivity contribution in [2.45, 2.75) is 19.3 Å². The molecule has 0 amide bonds. The summed E-state index contributed by atoms with van der Waals surface area (Å²) in [5, 5.41) is 3.87. The number of halogens is 2. The second kappa shape index (κ2) is 6.65. The highest BCUT2D eigenvalue weighted by Gasteiger charge is 2.27. The highest BCUT2D eigenvalue weighted by atomic mass is 19.1. The smallest absolute Gasteiger partial charge is 0.278 e. The summed E-state index contributed by atoms with van der Waals surface area (Å²) in [4.78, 5) is 8.64. The summed E-state index contributed by atoms with van der Waals surface area (Å²) in [5.74, 6) is -0.378. The highest BCUT2D eigenvalue weighted by Crippen LogP contribution is 2.32. The number of rotatable bonds is 3. The van der Waals surface area contributed by atoms with Gasteiger partial charge in [0, 0.05) is 0 Å². The normalized spacial score (nSPS) is 16.1. The van der Waals surface area contributed by atoms with Crippen molar-refractivity contribution in [2.24, 2.45) is 0 Å². The maximum Gasteiger partial charge on any atom is 0.278 e. The molecule has 28 heavy (non-hydrogen) atoms. The Labute approximate surface area is 158 Å². The van der Waals surface area contributed by atoms with E-state index in [0.29, 0.717) is 12.2 Å². The predicted molar refractivity (Wildman–Crippen MR) is 94.8 cm³/mol. The summed E-state index contributed by atoms with van der Waals surface area (Å²) in [7, 11) is 0. The van der Waals surface area contributed by atoms with Crippen molar-refractivity contribution in [3.63, 3.8) is 0 Å². The predicted octanol–water partition coefficient (Wildman–Crippen LogP) is 4.15. The van der Waals surface area contributed by atoms with E-state index in [1.54, 1.807) is 30.6 Å². The number of benzene rings is 2. The average Bonchev–Trinajstić information content (AvgIpc) is 3.34. The molecule has 1 atom stereocenters. The molecule has 0 radical (unpaired) electrons. The molecule has 8 heteroatoms. The summed E-state index contributed by atoms with van der Waals surface area (Å²) in [5.41, 5.74) is 2.29. The molecule has 1 aliphatic heterocycles. The molecular formula is C20H14F2N4O2. The van der Waals surface area contributed by atoms with Crippen LogP contribution in [0.1, 0.15) is 17.4 Å². The van der Waals surface area contributed by atoms with Gasteiger partial charge in [-0.05, 0) is 29.8 Å². The zero-order valence-electron chi connectivity index (χ0n) is 14.5. The lowest BCUT2D eigenvalue weighted by Gasteiger charge is -2.25. The van der Waals surface area contributed by atoms with Gasteiger partial charge in [-0.2, -0.15) is 4.98 Å². The zero-order chi connectivity index (χ0) is 19.1. The number of hydrogen-bond donors (Lipinski definition) is 0. The van der Waals surface area contributed by atoms with Crippen molar-refractivity contribution in [3.05, 3.63) is 77.8 Å². The number of nitrogens with zero attached hydrogens (tertiary/aromatic N) is 4. The first-order chi connectivity index (χ1) is 13.7. The maximum absolute atomic E-state index is 13.9. The van der Waals surface area contributed by atoms with Crippen LogP contribution in [-0.2, 0) is 17.9 Å². The highest BCUT2D eigenvalue weighted by molar-refractivity contribution is 5.59. The molecule has 2 aromatic heterocycles. The van der Waals surface area contributed by atoms with Crippen LogP contribution in [0, 0.1) is 11.6 Å². The minimum absolute atomic E-state index is 0.157. The van der Waals surface area contributed by atoms with Crippen LogP contribution in [0.15, 0.2) is 59.4 Å². The summed E-state index contributed by atoms with van der Waals surface area (Å²) in [6, 6.07) is 12.6. The summed E-state index contributed by atoms with van der Waals surface area (Å²) < 4.78 is 40.6. The second-order valence-corrected chi connectivity index (χ2v) is 6.45. The topological polar surface area (TPSA) is 66.0 Å². The van der Waals surface area contributed by atoms with Gasteiger partial charge in [0.15, 0.2) is 5.69 Å². The van der Waals surface area contributed by atoms with Crippen LogP contribution >= 0.6 is 0 Å². The van der Waals surface area contributed by atoms with Crippen molar-refractivity contribution in [2.75, 3.05) is 0 Å². The summed E-state index contributed by atoms with van der Waals surface area (Å²) in [6.07, 6.45) is 1.38. The zero-order valence-corrected chi connectivity index (χ0v) is 14.5. The molecule has 0 N–H and O–H groups in total. The number of aromatic nitrogens is 4. The quantitative estimate of drug-likeness (QED) is 0.534. The molecular weight excluding hydrogens is 366 g/mol. The molecule has 2 aromatic carbocycles. The molecule has 5 rings (SSSR count). The number of imidazole rings is 1. The van der Waals surface area contributed by atoms with Crippen LogP contribution in [0.5, 0.6) is 0 Å². The summed E-state index contributed by atoms with van der Waals surface area (Å²) >= 11 is 0. The molecule has 0 saturated heterocycles. The molecule has 1 aliphatic rings. The molecule has 4 aromatic rings. The monoisotopic (exact) mass is 380 g/mol. The lowest BCUT2D eigenvalue weighted by Crippen LogP contribution is -2.20. The van der Waals surface area contributed by atoms with Gasteiger partial charge < -0.3 is 13.8 Å². The fraction of sp³-hybridized carbons (Fsp3) is 0.150. The first kappa shape index (κ1) is 16.8. The third kappa shape index (κ3) is 2.87. The van der Waals surface area contributed by atoms with Gasteiger partial charge in [-0.1, -0.05) is 29.4 Å². The molecule has 6 nitrogen and oxygen atoms in total. The van der Waals surface area contributed by atoms with Crippen LogP contribution in [0.3, 0.4) is 0 Å². The fourth-order valence-corrected chi connectivity index (χ4v) is 3.29. The van der Waals surface area contributed by atoms with Crippen molar-refractivity contribution in [1.82, 2.24) is 19.7 Å². The van der Waals surface area contributed by atoms with Gasteiger partial charge in [0.05, 0.1) is 30.7 Å². The molecule has 0 spiro atoms. The molecule has 3 heterocycles. The molecule has 0 bridgehead atoms. The Morgan fingerprint density at radius 1 is 1.07 bits per heavy atom. The Morgan fingerprint density at radius 2 is 1.96 bits per heavy atom. The van der Waals surface area contributed by atoms with Crippen LogP contribution in [-0.4, -0.2) is 19.7 Å². The van der Waals surface area contributed by atoms with Crippen LogP contribution in [0.2, 0.25) is 0 Å². The Balaban J connectivity index is 1.44. The fourth-order valence-electron chi connectivity index (χ4n) is 3.29. The Bertz CT molecular complexity index is 1150. The van der Waals surface area contributed by atoms with E-state index in [1.807, 2.05) is 10.6 Å². The summed E-state index contributed by atoms with van der Waals surface area (Å²) in [6.45, 7) is 0.744. The van der Waals surface area contributed by atoms with Crippen LogP contribution in [0.25, 0.3) is 23.0 Å². The minimum atomic E-state index is -0.428. The van der Waals surface area contributed by atoms with E-state index in [2.05, 4.69) is 15.1 Å². The van der Waals surface area contributed by atoms with E-state index in [1.165, 1.54) is 18.2 Å². The van der Waals surface area contributed by atoms with E-state index >= 15 is 0 Å². The van der Waals surface area contributed by atoms with Crippen LogP contribution in [0.4, 0.5) is 8.78 Å². The van der Waals surface area contributed by atoms with Gasteiger partial charge in [-0.25, -0.2) is 13.8 Å². The largest absolute Gasteiger partial charge is 0.365 e. The van der Waals surface area contributed by atoms with Gasteiger partial charge >= 0.3 is 0 Å². The van der Waals surface area contributed by atoms with Crippen LogP contribution < -0.4 is 0 Å². The Kier molecular flexibility index (Phi) is 3.98. The van der Waals surface area contributed by atoms with Crippen molar-refractivity contribution in [1.29, 1.82) is 0 Å². The first-order valence-electron chi connectivity index (χ1n) is 8.69. The van der Waals surface area contributed by atoms with E-state index < -0.39 is 5.82 Å². The first-order valence-corrected chi connectivity index (χ1v) is 8.69. The lowest BCUT2D eigenvalue weighted by atomic mass is 10.1. The van der Waals surface area contributed by atoms with Gasteiger partial charge in [0.1, 0.15) is 17.7 Å². The lowest BCUT2D eigenvalue weighted by molar-refractivity contribution is 0.00314. The molecule has 0 aliphatic carbocycles. The molecule has 140 valence electrons. The number of fused-ring (bicyclic) bond motifs is 1. The number of ether oxygens (including phenoxy) is 1. The average molecular weight is 380 g/mol. The second-order valence-electron chi connectivity index (χ2n) is 6.45. The minimum Gasteiger partial charge on any atom is -0.365 e. The van der Waals surface area contributed by atoms with Gasteiger partial charge in [0.25, 0.3) is 5.89 Å². The standard InChI is InChI=1S/C20H14F2N4O2/c21-13-5-3-4-12(8-13)17-9-26-11-23-18(16(26)10-27-17)20-24-19(25-28-20)14-6-1-2-7-15(14)22/h1-8,11,17H,9-10H2/t17-/m0/s1. The van der Waals surface area contributed by atoms with Crippen molar-refractivity contribution < 1.29 is 18.0 Å². The SMILES string of the molecule is Fc1cccc([C@@H]2Cn3cnc(-c4nc(-c5ccccc5F)no4)c3CO2)c1. The third-order valence-corrected chi connectivity index (χ3v) is 4.69. The molecule has 0 fully saturated rings. The van der Waals surface area contributed by atoms with Gasteiger partial charge in [-0.15, -0.1) is 0 Å². The third-order valence-electron chi connectivity index (χ3n) is 4.69. The number of hydrogen-bond acceptors (Lipinski definition) is 5. The maximum atomic E-state index is 13.9. The van der Waals surface area contributed by atoms with E-state index in [0.717, 1.165) is 11.3 Å². The Hall–Kier alpha value is -3.39. The molecule has 0 saturated carbocycles.